The van der Waals surface area contributed by atoms with Crippen LogP contribution >= 0.6 is 0 Å². The summed E-state index contributed by atoms with van der Waals surface area (Å²) in [4.78, 5) is 6.78. The van der Waals surface area contributed by atoms with Gasteiger partial charge in [-0.3, -0.25) is 4.90 Å². The molecule has 1 saturated heterocycles. The van der Waals surface area contributed by atoms with Crippen LogP contribution in [0.1, 0.15) is 44.6 Å². The number of nitrogens with zero attached hydrogens (tertiary/aromatic N) is 3. The summed E-state index contributed by atoms with van der Waals surface area (Å²) < 4.78 is 5.42. The molecule has 0 bridgehead atoms. The molecule has 3 rings (SSSR count). The molecular weight excluding hydrogens is 290 g/mol. The Kier molecular flexibility index (Phi) is 5.08. The van der Waals surface area contributed by atoms with E-state index in [-0.39, 0.29) is 12.1 Å². The second kappa shape index (κ2) is 7.23. The average molecular weight is 315 g/mol. The van der Waals surface area contributed by atoms with Crippen LogP contribution in [0, 0.1) is 0 Å². The first-order valence-electron chi connectivity index (χ1n) is 8.51. The van der Waals surface area contributed by atoms with Gasteiger partial charge >= 0.3 is 0 Å². The molecule has 1 aliphatic heterocycles. The van der Waals surface area contributed by atoms with Gasteiger partial charge in [0.2, 0.25) is 11.7 Å². The lowest BCUT2D eigenvalue weighted by Gasteiger charge is -2.36. The molecule has 5 nitrogen and oxygen atoms in total. The van der Waals surface area contributed by atoms with E-state index in [1.54, 1.807) is 0 Å². The maximum Gasteiger partial charge on any atom is 0.241 e. The van der Waals surface area contributed by atoms with Gasteiger partial charge in [-0.05, 0) is 38.3 Å². The van der Waals surface area contributed by atoms with E-state index in [1.807, 2.05) is 19.1 Å². The normalized spacial score (nSPS) is 20.6. The molecule has 0 spiro atoms. The van der Waals surface area contributed by atoms with Crippen LogP contribution in [0.25, 0.3) is 11.4 Å². The molecule has 5 heteroatoms. The molecule has 124 valence electrons. The number of aliphatic hydroxyl groups is 1. The van der Waals surface area contributed by atoms with E-state index in [1.165, 1.54) is 12.0 Å². The summed E-state index contributed by atoms with van der Waals surface area (Å²) in [6, 6.07) is 8.45. The van der Waals surface area contributed by atoms with Crippen LogP contribution in [-0.4, -0.2) is 38.8 Å². The molecule has 1 fully saturated rings. The zero-order chi connectivity index (χ0) is 16.2. The van der Waals surface area contributed by atoms with E-state index < -0.39 is 0 Å². The molecule has 2 unspecified atom stereocenters. The lowest BCUT2D eigenvalue weighted by atomic mass is 9.98. The lowest BCUT2D eigenvalue weighted by molar-refractivity contribution is 0.0260. The van der Waals surface area contributed by atoms with Crippen LogP contribution in [-0.2, 0) is 13.0 Å². The number of hydrogen-bond donors (Lipinski definition) is 1. The monoisotopic (exact) mass is 315 g/mol. The van der Waals surface area contributed by atoms with Gasteiger partial charge in [-0.25, -0.2) is 0 Å². The minimum Gasteiger partial charge on any atom is -0.392 e. The summed E-state index contributed by atoms with van der Waals surface area (Å²) in [5.41, 5.74) is 2.27. The predicted molar refractivity (Wildman–Crippen MR) is 88.8 cm³/mol. The summed E-state index contributed by atoms with van der Waals surface area (Å²) in [6.45, 7) is 5.57. The van der Waals surface area contributed by atoms with Crippen LogP contribution in [0.2, 0.25) is 0 Å². The number of piperidine rings is 1. The predicted octanol–water partition coefficient (Wildman–Crippen LogP) is 3.03. The van der Waals surface area contributed by atoms with Gasteiger partial charge in [-0.1, -0.05) is 42.8 Å². The molecule has 1 aliphatic rings. The third kappa shape index (κ3) is 3.79. The van der Waals surface area contributed by atoms with Crippen molar-refractivity contribution in [1.82, 2.24) is 15.0 Å². The first-order valence-corrected chi connectivity index (χ1v) is 8.51. The Bertz CT molecular complexity index is 621. The van der Waals surface area contributed by atoms with Crippen molar-refractivity contribution in [3.8, 4) is 11.4 Å². The van der Waals surface area contributed by atoms with Crippen LogP contribution in [0.15, 0.2) is 28.8 Å². The highest BCUT2D eigenvalue weighted by Gasteiger charge is 2.27. The highest BCUT2D eigenvalue weighted by molar-refractivity contribution is 5.54. The van der Waals surface area contributed by atoms with Gasteiger partial charge in [0.1, 0.15) is 0 Å². The van der Waals surface area contributed by atoms with Gasteiger partial charge in [0, 0.05) is 11.6 Å². The Hall–Kier alpha value is -1.72. The Morgan fingerprint density at radius 2 is 2.09 bits per heavy atom. The first kappa shape index (κ1) is 16.1. The zero-order valence-electron chi connectivity index (χ0n) is 13.9. The maximum absolute atomic E-state index is 9.95. The van der Waals surface area contributed by atoms with E-state index >= 15 is 0 Å². The smallest absolute Gasteiger partial charge is 0.241 e. The number of aryl methyl sites for hydroxylation is 1. The van der Waals surface area contributed by atoms with Gasteiger partial charge in [-0.15, -0.1) is 0 Å². The number of rotatable bonds is 5. The van der Waals surface area contributed by atoms with Gasteiger partial charge in [-0.2, -0.15) is 4.98 Å². The largest absolute Gasteiger partial charge is 0.392 e. The van der Waals surface area contributed by atoms with E-state index in [9.17, 15) is 5.11 Å². The van der Waals surface area contributed by atoms with Crippen LogP contribution in [0.5, 0.6) is 0 Å². The van der Waals surface area contributed by atoms with E-state index in [0.717, 1.165) is 31.4 Å². The van der Waals surface area contributed by atoms with Crippen molar-refractivity contribution in [3.63, 3.8) is 0 Å². The number of benzene rings is 1. The minimum absolute atomic E-state index is 0.183. The molecule has 2 heterocycles. The fourth-order valence-electron chi connectivity index (χ4n) is 3.26. The summed E-state index contributed by atoms with van der Waals surface area (Å²) in [7, 11) is 0. The Labute approximate surface area is 137 Å². The molecular formula is C18H25N3O2. The molecule has 1 aromatic heterocycles. The molecule has 0 amide bonds. The van der Waals surface area contributed by atoms with Crippen molar-refractivity contribution in [3.05, 3.63) is 35.7 Å². The van der Waals surface area contributed by atoms with Crippen molar-refractivity contribution in [2.75, 3.05) is 6.54 Å². The Balaban J connectivity index is 1.71. The summed E-state index contributed by atoms with van der Waals surface area (Å²) in [5.74, 6) is 1.25. The number of likely N-dealkylation sites (tertiary alicyclic amines) is 1. The van der Waals surface area contributed by atoms with Gasteiger partial charge in [0.15, 0.2) is 0 Å². The standard InChI is InChI=1S/C18H25N3O2/c1-3-14-7-9-15(10-8-14)18-19-17(23-20-18)12-21-11-5-4-6-16(21)13(2)22/h7-10,13,16,22H,3-6,11-12H2,1-2H3. The third-order valence-corrected chi connectivity index (χ3v) is 4.65. The highest BCUT2D eigenvalue weighted by atomic mass is 16.5. The lowest BCUT2D eigenvalue weighted by Crippen LogP contribution is -2.45. The van der Waals surface area contributed by atoms with Gasteiger partial charge < -0.3 is 9.63 Å². The van der Waals surface area contributed by atoms with E-state index in [4.69, 9.17) is 4.52 Å². The molecule has 23 heavy (non-hydrogen) atoms. The third-order valence-electron chi connectivity index (χ3n) is 4.65. The molecule has 1 N–H and O–H groups in total. The summed E-state index contributed by atoms with van der Waals surface area (Å²) >= 11 is 0. The Morgan fingerprint density at radius 3 is 2.78 bits per heavy atom. The molecule has 0 radical (unpaired) electrons. The fourth-order valence-corrected chi connectivity index (χ4v) is 3.26. The average Bonchev–Trinajstić information content (AvgIpc) is 3.04. The van der Waals surface area contributed by atoms with Gasteiger partial charge in [0.25, 0.3) is 0 Å². The van der Waals surface area contributed by atoms with Crippen molar-refractivity contribution in [1.29, 1.82) is 0 Å². The maximum atomic E-state index is 9.95. The van der Waals surface area contributed by atoms with Crippen LogP contribution < -0.4 is 0 Å². The Morgan fingerprint density at radius 1 is 1.30 bits per heavy atom. The molecule has 0 aliphatic carbocycles. The van der Waals surface area contributed by atoms with Gasteiger partial charge in [0.05, 0.1) is 12.6 Å². The quantitative estimate of drug-likeness (QED) is 0.919. The van der Waals surface area contributed by atoms with Crippen molar-refractivity contribution in [2.45, 2.75) is 58.2 Å². The van der Waals surface area contributed by atoms with Crippen molar-refractivity contribution in [2.24, 2.45) is 0 Å². The highest BCUT2D eigenvalue weighted by Crippen LogP contribution is 2.23. The van der Waals surface area contributed by atoms with Crippen LogP contribution in [0.3, 0.4) is 0 Å². The summed E-state index contributed by atoms with van der Waals surface area (Å²) in [5, 5.41) is 14.1. The summed E-state index contributed by atoms with van der Waals surface area (Å²) in [6.07, 6.45) is 4.04. The minimum atomic E-state index is -0.334. The second-order valence-corrected chi connectivity index (χ2v) is 6.34. The fraction of sp³-hybridized carbons (Fsp3) is 0.556. The number of hydrogen-bond acceptors (Lipinski definition) is 5. The van der Waals surface area contributed by atoms with Crippen LogP contribution in [0.4, 0.5) is 0 Å². The molecule has 2 atom stereocenters. The number of aliphatic hydroxyl groups excluding tert-OH is 1. The zero-order valence-corrected chi connectivity index (χ0v) is 13.9. The second-order valence-electron chi connectivity index (χ2n) is 6.34. The van der Waals surface area contributed by atoms with E-state index in [0.29, 0.717) is 18.3 Å². The van der Waals surface area contributed by atoms with Crippen molar-refractivity contribution < 1.29 is 9.63 Å². The van der Waals surface area contributed by atoms with E-state index in [2.05, 4.69) is 34.1 Å². The molecule has 2 aromatic rings. The SMILES string of the molecule is CCc1ccc(-c2noc(CN3CCCCC3C(C)O)n2)cc1. The topological polar surface area (TPSA) is 62.4 Å². The molecule has 0 saturated carbocycles. The first-order chi connectivity index (χ1) is 11.2. The molecule has 1 aromatic carbocycles. The van der Waals surface area contributed by atoms with Crippen molar-refractivity contribution >= 4 is 0 Å². The number of aromatic nitrogens is 2.